The van der Waals surface area contributed by atoms with Crippen LogP contribution in [0.2, 0.25) is 0 Å². The van der Waals surface area contributed by atoms with Crippen LogP contribution in [-0.2, 0) is 6.42 Å². The largest absolute Gasteiger partial charge is 0.494 e. The summed E-state index contributed by atoms with van der Waals surface area (Å²) in [4.78, 5) is 4.06. The van der Waals surface area contributed by atoms with Crippen molar-refractivity contribution in [3.63, 3.8) is 0 Å². The normalized spacial score (nSPS) is 12.1. The molecule has 0 aliphatic rings. The molecule has 2 aromatic rings. The summed E-state index contributed by atoms with van der Waals surface area (Å²) in [5.74, 6) is 0.871. The van der Waals surface area contributed by atoms with Gasteiger partial charge in [0, 0.05) is 24.1 Å². The van der Waals surface area contributed by atoms with Crippen LogP contribution in [0, 0.1) is 0 Å². The fourth-order valence-electron chi connectivity index (χ4n) is 1.84. The van der Waals surface area contributed by atoms with Gasteiger partial charge in [0.05, 0.1) is 6.61 Å². The van der Waals surface area contributed by atoms with Crippen LogP contribution >= 0.6 is 0 Å². The van der Waals surface area contributed by atoms with Gasteiger partial charge in [-0.1, -0.05) is 18.2 Å². The molecule has 0 saturated carbocycles. The number of benzene rings is 1. The van der Waals surface area contributed by atoms with Crippen molar-refractivity contribution < 1.29 is 4.74 Å². The lowest BCUT2D eigenvalue weighted by Gasteiger charge is -2.13. The maximum absolute atomic E-state index is 6.08. The predicted molar refractivity (Wildman–Crippen MR) is 76.9 cm³/mol. The van der Waals surface area contributed by atoms with Gasteiger partial charge in [-0.15, -0.1) is 0 Å². The van der Waals surface area contributed by atoms with Crippen molar-refractivity contribution in [3.05, 3.63) is 54.4 Å². The highest BCUT2D eigenvalue weighted by molar-refractivity contribution is 5.44. The average molecular weight is 257 g/mol. The lowest BCUT2D eigenvalue weighted by atomic mass is 10.0. The Morgan fingerprint density at radius 1 is 1.16 bits per heavy atom. The molecular formula is C15H19N3O. The van der Waals surface area contributed by atoms with E-state index in [4.69, 9.17) is 16.2 Å². The lowest BCUT2D eigenvalue weighted by Crippen LogP contribution is -2.25. The standard InChI is InChI=1S/C15H19N3O/c16-13(10-12-11-18-8-6-15(12)17)7-9-19-14-4-2-1-3-5-14/h1-6,8,11,13H,7,9-10,16H2,(H2,17,18). The van der Waals surface area contributed by atoms with E-state index in [1.807, 2.05) is 30.3 Å². The molecule has 100 valence electrons. The van der Waals surface area contributed by atoms with Gasteiger partial charge in [-0.25, -0.2) is 0 Å². The van der Waals surface area contributed by atoms with Crippen molar-refractivity contribution in [2.45, 2.75) is 18.9 Å². The van der Waals surface area contributed by atoms with Crippen LogP contribution < -0.4 is 16.2 Å². The Kier molecular flexibility index (Phi) is 4.75. The molecule has 1 unspecified atom stereocenters. The van der Waals surface area contributed by atoms with Crippen LogP contribution in [0.3, 0.4) is 0 Å². The first-order valence-electron chi connectivity index (χ1n) is 6.37. The molecule has 2 rings (SSSR count). The maximum Gasteiger partial charge on any atom is 0.119 e. The Bertz CT molecular complexity index is 502. The third-order valence-corrected chi connectivity index (χ3v) is 2.92. The van der Waals surface area contributed by atoms with E-state index in [9.17, 15) is 0 Å². The summed E-state index contributed by atoms with van der Waals surface area (Å²) < 4.78 is 5.62. The lowest BCUT2D eigenvalue weighted by molar-refractivity contribution is 0.297. The second kappa shape index (κ2) is 6.75. The number of para-hydroxylation sites is 1. The summed E-state index contributed by atoms with van der Waals surface area (Å²) >= 11 is 0. The van der Waals surface area contributed by atoms with E-state index in [1.165, 1.54) is 0 Å². The van der Waals surface area contributed by atoms with E-state index >= 15 is 0 Å². The first-order valence-corrected chi connectivity index (χ1v) is 6.37. The highest BCUT2D eigenvalue weighted by atomic mass is 16.5. The minimum absolute atomic E-state index is 0.0233. The van der Waals surface area contributed by atoms with Crippen molar-refractivity contribution in [1.82, 2.24) is 4.98 Å². The molecule has 0 saturated heterocycles. The first-order chi connectivity index (χ1) is 9.25. The molecule has 0 radical (unpaired) electrons. The van der Waals surface area contributed by atoms with Gasteiger partial charge in [0.15, 0.2) is 0 Å². The number of aromatic nitrogens is 1. The molecule has 1 atom stereocenters. The fraction of sp³-hybridized carbons (Fsp3) is 0.267. The van der Waals surface area contributed by atoms with Gasteiger partial charge in [-0.2, -0.15) is 0 Å². The molecule has 0 bridgehead atoms. The number of nitrogens with two attached hydrogens (primary N) is 2. The van der Waals surface area contributed by atoms with Gasteiger partial charge >= 0.3 is 0 Å². The summed E-state index contributed by atoms with van der Waals surface area (Å²) in [6, 6.07) is 11.5. The van der Waals surface area contributed by atoms with Crippen LogP contribution in [0.15, 0.2) is 48.8 Å². The SMILES string of the molecule is Nc1ccncc1CC(N)CCOc1ccccc1. The van der Waals surface area contributed by atoms with E-state index < -0.39 is 0 Å². The molecule has 4 N–H and O–H groups in total. The number of nitrogen functional groups attached to an aromatic ring is 1. The van der Waals surface area contributed by atoms with Crippen LogP contribution in [0.1, 0.15) is 12.0 Å². The molecule has 1 aromatic carbocycles. The predicted octanol–water partition coefficient (Wildman–Crippen LogP) is 2.00. The zero-order valence-electron chi connectivity index (χ0n) is 10.8. The van der Waals surface area contributed by atoms with E-state index in [-0.39, 0.29) is 6.04 Å². The van der Waals surface area contributed by atoms with Gasteiger partial charge in [-0.05, 0) is 36.6 Å². The summed E-state index contributed by atoms with van der Waals surface area (Å²) in [5.41, 5.74) is 13.7. The highest BCUT2D eigenvalue weighted by Crippen LogP contribution is 2.13. The maximum atomic E-state index is 6.08. The fourth-order valence-corrected chi connectivity index (χ4v) is 1.84. The summed E-state index contributed by atoms with van der Waals surface area (Å²) in [6.07, 6.45) is 4.96. The monoisotopic (exact) mass is 257 g/mol. The number of rotatable bonds is 6. The number of pyridine rings is 1. The van der Waals surface area contributed by atoms with Gasteiger partial charge in [-0.3, -0.25) is 4.98 Å². The van der Waals surface area contributed by atoms with Gasteiger partial charge in [0.2, 0.25) is 0 Å². The average Bonchev–Trinajstić information content (AvgIpc) is 2.43. The molecule has 0 amide bonds. The molecule has 1 aromatic heterocycles. The van der Waals surface area contributed by atoms with Crippen molar-refractivity contribution in [2.24, 2.45) is 5.73 Å². The Morgan fingerprint density at radius 3 is 2.68 bits per heavy atom. The Labute approximate surface area is 113 Å². The van der Waals surface area contributed by atoms with Gasteiger partial charge in [0.1, 0.15) is 5.75 Å². The van der Waals surface area contributed by atoms with Crippen LogP contribution in [0.4, 0.5) is 5.69 Å². The third-order valence-electron chi connectivity index (χ3n) is 2.92. The molecule has 0 spiro atoms. The van der Waals surface area contributed by atoms with E-state index in [0.29, 0.717) is 6.61 Å². The molecule has 19 heavy (non-hydrogen) atoms. The van der Waals surface area contributed by atoms with Gasteiger partial charge < -0.3 is 16.2 Å². The Balaban J connectivity index is 1.76. The quantitative estimate of drug-likeness (QED) is 0.830. The van der Waals surface area contributed by atoms with Crippen molar-refractivity contribution in [1.29, 1.82) is 0 Å². The zero-order valence-corrected chi connectivity index (χ0v) is 10.8. The number of hydrogen-bond donors (Lipinski definition) is 2. The molecule has 0 fully saturated rings. The summed E-state index contributed by atoms with van der Waals surface area (Å²) in [5, 5.41) is 0. The second-order valence-corrected chi connectivity index (χ2v) is 4.49. The third kappa shape index (κ3) is 4.26. The van der Waals surface area contributed by atoms with Crippen molar-refractivity contribution >= 4 is 5.69 Å². The van der Waals surface area contributed by atoms with E-state index in [1.54, 1.807) is 18.5 Å². The smallest absolute Gasteiger partial charge is 0.119 e. The first kappa shape index (κ1) is 13.4. The van der Waals surface area contributed by atoms with E-state index in [2.05, 4.69) is 4.98 Å². The van der Waals surface area contributed by atoms with Crippen LogP contribution in [-0.4, -0.2) is 17.6 Å². The number of ether oxygens (including phenoxy) is 1. The topological polar surface area (TPSA) is 74.2 Å². The molecular weight excluding hydrogens is 238 g/mol. The molecule has 4 nitrogen and oxygen atoms in total. The second-order valence-electron chi connectivity index (χ2n) is 4.49. The summed E-state index contributed by atoms with van der Waals surface area (Å²) in [6.45, 7) is 0.603. The zero-order chi connectivity index (χ0) is 13.5. The van der Waals surface area contributed by atoms with Crippen molar-refractivity contribution in [3.8, 4) is 5.75 Å². The number of anilines is 1. The van der Waals surface area contributed by atoms with Crippen LogP contribution in [0.5, 0.6) is 5.75 Å². The van der Waals surface area contributed by atoms with Crippen LogP contribution in [0.25, 0.3) is 0 Å². The minimum Gasteiger partial charge on any atom is -0.494 e. The van der Waals surface area contributed by atoms with Crippen molar-refractivity contribution in [2.75, 3.05) is 12.3 Å². The van der Waals surface area contributed by atoms with Gasteiger partial charge in [0.25, 0.3) is 0 Å². The number of nitrogens with zero attached hydrogens (tertiary/aromatic N) is 1. The molecule has 4 heteroatoms. The molecule has 1 heterocycles. The summed E-state index contributed by atoms with van der Waals surface area (Å²) in [7, 11) is 0. The highest BCUT2D eigenvalue weighted by Gasteiger charge is 2.07. The number of hydrogen-bond acceptors (Lipinski definition) is 4. The molecule has 0 aliphatic heterocycles. The van der Waals surface area contributed by atoms with E-state index in [0.717, 1.165) is 29.8 Å². The Hall–Kier alpha value is -2.07. The Morgan fingerprint density at radius 2 is 1.95 bits per heavy atom. The minimum atomic E-state index is 0.0233. The molecule has 0 aliphatic carbocycles.